The van der Waals surface area contributed by atoms with Gasteiger partial charge in [-0.25, -0.2) is 0 Å². The molecule has 2 aliphatic carbocycles. The Labute approximate surface area is 146 Å². The fourth-order valence-corrected chi connectivity index (χ4v) is 3.44. The second-order valence-corrected chi connectivity index (χ2v) is 5.82. The van der Waals surface area contributed by atoms with Crippen LogP contribution in [0.15, 0.2) is 17.1 Å². The van der Waals surface area contributed by atoms with Gasteiger partial charge in [-0.3, -0.25) is 4.99 Å². The van der Waals surface area contributed by atoms with E-state index in [9.17, 15) is 0 Å². The summed E-state index contributed by atoms with van der Waals surface area (Å²) in [6, 6.07) is 0.528. The van der Waals surface area contributed by atoms with E-state index in [1.165, 1.54) is 19.3 Å². The molecule has 0 bridgehead atoms. The fraction of sp³-hybridized carbons (Fsp3) is 0.812. The molecule has 2 atom stereocenters. The summed E-state index contributed by atoms with van der Waals surface area (Å²) in [7, 11) is 1.84. The van der Waals surface area contributed by atoms with Crippen LogP contribution in [0.4, 0.5) is 0 Å². The Balaban J connectivity index is 0.00000220. The van der Waals surface area contributed by atoms with E-state index in [0.29, 0.717) is 17.6 Å². The average Bonchev–Trinajstić information content (AvgIpc) is 2.38. The number of ether oxygens (including phenoxy) is 1. The van der Waals surface area contributed by atoms with Crippen LogP contribution < -0.4 is 10.6 Å². The van der Waals surface area contributed by atoms with E-state index in [0.717, 1.165) is 32.0 Å². The molecule has 0 aliphatic heterocycles. The van der Waals surface area contributed by atoms with Crippen molar-refractivity contribution >= 4 is 29.9 Å². The molecule has 2 saturated carbocycles. The summed E-state index contributed by atoms with van der Waals surface area (Å²) in [6.07, 6.45) is 10.8. The summed E-state index contributed by atoms with van der Waals surface area (Å²) < 4.78 is 5.88. The lowest BCUT2D eigenvalue weighted by molar-refractivity contribution is -0.168. The van der Waals surface area contributed by atoms with E-state index < -0.39 is 0 Å². The first-order valence-electron chi connectivity index (χ1n) is 7.96. The van der Waals surface area contributed by atoms with Gasteiger partial charge in [-0.1, -0.05) is 18.6 Å². The SMILES string of the molecule is C/C=C/CCNC(=NC)NC1CC(OCC)C12CCC2.I. The van der Waals surface area contributed by atoms with Crippen LogP contribution in [0.1, 0.15) is 46.0 Å². The Morgan fingerprint density at radius 1 is 1.43 bits per heavy atom. The van der Waals surface area contributed by atoms with Crippen molar-refractivity contribution in [3.05, 3.63) is 12.2 Å². The number of nitrogens with zero attached hydrogens (tertiary/aromatic N) is 1. The minimum absolute atomic E-state index is 0. The number of allylic oxidation sites excluding steroid dienone is 1. The second kappa shape index (κ2) is 8.98. The van der Waals surface area contributed by atoms with Gasteiger partial charge in [0.2, 0.25) is 0 Å². The van der Waals surface area contributed by atoms with Crippen LogP contribution in [0.2, 0.25) is 0 Å². The molecular formula is C16H30IN3O. The maximum absolute atomic E-state index is 5.88. The van der Waals surface area contributed by atoms with Gasteiger partial charge in [0.15, 0.2) is 5.96 Å². The standard InChI is InChI=1S/C16H29N3O.HI/c1-4-6-7-11-18-15(17-3)19-13-12-14(20-5-2)16(13)9-8-10-16;/h4,6,13-14H,5,7-12H2,1-3H3,(H2,17,18,19);1H/b6-4+;. The summed E-state index contributed by atoms with van der Waals surface area (Å²) in [5, 5.41) is 6.98. The number of hydrogen-bond donors (Lipinski definition) is 2. The Morgan fingerprint density at radius 2 is 2.19 bits per heavy atom. The molecular weight excluding hydrogens is 377 g/mol. The van der Waals surface area contributed by atoms with Crippen LogP contribution in [0.25, 0.3) is 0 Å². The third kappa shape index (κ3) is 4.12. The van der Waals surface area contributed by atoms with Crippen molar-refractivity contribution in [3.8, 4) is 0 Å². The fourth-order valence-electron chi connectivity index (χ4n) is 3.44. The molecule has 1 spiro atoms. The van der Waals surface area contributed by atoms with Gasteiger partial charge < -0.3 is 15.4 Å². The molecule has 2 rings (SSSR count). The zero-order chi connectivity index (χ0) is 14.4. The highest BCUT2D eigenvalue weighted by molar-refractivity contribution is 14.0. The molecule has 0 aromatic rings. The van der Waals surface area contributed by atoms with Gasteiger partial charge in [-0.15, -0.1) is 24.0 Å². The van der Waals surface area contributed by atoms with Gasteiger partial charge in [-0.2, -0.15) is 0 Å². The Hall–Kier alpha value is -0.300. The normalized spacial score (nSPS) is 26.9. The van der Waals surface area contributed by atoms with Gasteiger partial charge in [0, 0.05) is 31.7 Å². The number of hydrogen-bond acceptors (Lipinski definition) is 2. The molecule has 4 nitrogen and oxygen atoms in total. The lowest BCUT2D eigenvalue weighted by atomic mass is 9.51. The maximum Gasteiger partial charge on any atom is 0.191 e. The summed E-state index contributed by atoms with van der Waals surface area (Å²) in [5.74, 6) is 0.931. The zero-order valence-corrected chi connectivity index (χ0v) is 15.9. The van der Waals surface area contributed by atoms with E-state index in [1.54, 1.807) is 0 Å². The first-order valence-corrected chi connectivity index (χ1v) is 7.96. The summed E-state index contributed by atoms with van der Waals surface area (Å²) in [6.45, 7) is 5.90. The number of nitrogens with one attached hydrogen (secondary N) is 2. The molecule has 2 N–H and O–H groups in total. The average molecular weight is 407 g/mol. The number of guanidine groups is 1. The number of aliphatic imine (C=N–C) groups is 1. The highest BCUT2D eigenvalue weighted by Gasteiger charge is 2.59. The summed E-state index contributed by atoms with van der Waals surface area (Å²) in [4.78, 5) is 4.33. The van der Waals surface area contributed by atoms with Crippen molar-refractivity contribution < 1.29 is 4.74 Å². The van der Waals surface area contributed by atoms with Crippen LogP contribution in [0, 0.1) is 5.41 Å². The molecule has 2 aliphatic rings. The molecule has 0 saturated heterocycles. The Morgan fingerprint density at radius 3 is 2.71 bits per heavy atom. The molecule has 0 heterocycles. The molecule has 0 aromatic heterocycles. The molecule has 0 aromatic carbocycles. The minimum atomic E-state index is 0. The van der Waals surface area contributed by atoms with Crippen molar-refractivity contribution in [1.82, 2.24) is 10.6 Å². The Bertz CT molecular complexity index is 367. The molecule has 2 fully saturated rings. The van der Waals surface area contributed by atoms with E-state index in [2.05, 4.69) is 41.6 Å². The largest absolute Gasteiger partial charge is 0.378 e. The highest BCUT2D eigenvalue weighted by atomic mass is 127. The highest BCUT2D eigenvalue weighted by Crippen LogP contribution is 2.57. The maximum atomic E-state index is 5.88. The van der Waals surface area contributed by atoms with Crippen LogP contribution in [0.5, 0.6) is 0 Å². The zero-order valence-electron chi connectivity index (χ0n) is 13.5. The summed E-state index contributed by atoms with van der Waals surface area (Å²) >= 11 is 0. The first kappa shape index (κ1) is 18.7. The second-order valence-electron chi connectivity index (χ2n) is 5.82. The van der Waals surface area contributed by atoms with Gasteiger partial charge in [-0.05, 0) is 39.5 Å². The third-order valence-electron chi connectivity index (χ3n) is 4.81. The van der Waals surface area contributed by atoms with E-state index >= 15 is 0 Å². The third-order valence-corrected chi connectivity index (χ3v) is 4.81. The van der Waals surface area contributed by atoms with Gasteiger partial charge >= 0.3 is 0 Å². The lowest BCUT2D eigenvalue weighted by Gasteiger charge is -2.61. The van der Waals surface area contributed by atoms with Gasteiger partial charge in [0.05, 0.1) is 6.10 Å². The monoisotopic (exact) mass is 407 g/mol. The molecule has 0 amide bonds. The van der Waals surface area contributed by atoms with E-state index in [1.807, 2.05) is 7.05 Å². The van der Waals surface area contributed by atoms with Gasteiger partial charge in [0.25, 0.3) is 0 Å². The first-order chi connectivity index (χ1) is 9.76. The van der Waals surface area contributed by atoms with Crippen LogP contribution >= 0.6 is 24.0 Å². The van der Waals surface area contributed by atoms with Crippen LogP contribution in [-0.2, 0) is 4.74 Å². The Kier molecular flexibility index (Phi) is 8.02. The minimum Gasteiger partial charge on any atom is -0.378 e. The number of halogens is 1. The molecule has 5 heteroatoms. The van der Waals surface area contributed by atoms with Gasteiger partial charge in [0.1, 0.15) is 0 Å². The summed E-state index contributed by atoms with van der Waals surface area (Å²) in [5.41, 5.74) is 0.386. The molecule has 21 heavy (non-hydrogen) atoms. The quantitative estimate of drug-likeness (QED) is 0.234. The topological polar surface area (TPSA) is 45.7 Å². The predicted octanol–water partition coefficient (Wildman–Crippen LogP) is 3.08. The number of rotatable bonds is 6. The van der Waals surface area contributed by atoms with Crippen LogP contribution in [-0.4, -0.2) is 38.3 Å². The van der Waals surface area contributed by atoms with Crippen molar-refractivity contribution in [2.45, 2.75) is 58.1 Å². The van der Waals surface area contributed by atoms with Crippen LogP contribution in [0.3, 0.4) is 0 Å². The molecule has 2 unspecified atom stereocenters. The van der Waals surface area contributed by atoms with Crippen molar-refractivity contribution in [3.63, 3.8) is 0 Å². The van der Waals surface area contributed by atoms with E-state index in [-0.39, 0.29) is 24.0 Å². The van der Waals surface area contributed by atoms with Crippen molar-refractivity contribution in [2.75, 3.05) is 20.2 Å². The predicted molar refractivity (Wildman–Crippen MR) is 99.4 cm³/mol. The lowest BCUT2D eigenvalue weighted by Crippen LogP contribution is -2.68. The van der Waals surface area contributed by atoms with E-state index in [4.69, 9.17) is 4.74 Å². The smallest absolute Gasteiger partial charge is 0.191 e. The molecule has 0 radical (unpaired) electrons. The van der Waals surface area contributed by atoms with Crippen molar-refractivity contribution in [1.29, 1.82) is 0 Å². The molecule has 122 valence electrons. The van der Waals surface area contributed by atoms with Crippen molar-refractivity contribution in [2.24, 2.45) is 10.4 Å².